The third-order valence-electron chi connectivity index (χ3n) is 4.07. The van der Waals surface area contributed by atoms with Crippen LogP contribution in [0.2, 0.25) is 0 Å². The topological polar surface area (TPSA) is 49.4 Å². The van der Waals surface area contributed by atoms with Gasteiger partial charge in [-0.25, -0.2) is 8.42 Å². The van der Waals surface area contributed by atoms with E-state index in [1.807, 2.05) is 25.1 Å². The van der Waals surface area contributed by atoms with Crippen molar-refractivity contribution in [2.24, 2.45) is 0 Å². The van der Waals surface area contributed by atoms with Crippen LogP contribution < -0.4 is 9.62 Å². The lowest BCUT2D eigenvalue weighted by Gasteiger charge is -2.17. The number of nitrogens with zero attached hydrogens (tertiary/aromatic N) is 1. The molecule has 142 valence electrons. The average molecular weight is 394 g/mol. The largest absolute Gasteiger partial charge is 0.416 e. The number of sulfonamides is 1. The molecule has 0 amide bonds. The molecule has 8 heteroatoms. The Hall–Kier alpha value is -2.74. The summed E-state index contributed by atoms with van der Waals surface area (Å²) < 4.78 is 66.6. The predicted molar refractivity (Wildman–Crippen MR) is 101 cm³/mol. The summed E-state index contributed by atoms with van der Waals surface area (Å²) in [5, 5.41) is 1.22. The summed E-state index contributed by atoms with van der Waals surface area (Å²) in [4.78, 5) is 1.86. The molecule has 3 aromatic carbocycles. The van der Waals surface area contributed by atoms with Crippen LogP contribution in [0, 0.1) is 0 Å². The number of rotatable bonds is 4. The molecule has 0 spiro atoms. The van der Waals surface area contributed by atoms with Gasteiger partial charge in [0.25, 0.3) is 10.0 Å². The summed E-state index contributed by atoms with van der Waals surface area (Å²) in [6, 6.07) is 14.2. The molecule has 3 aromatic rings. The van der Waals surface area contributed by atoms with E-state index in [1.54, 1.807) is 24.3 Å². The maximum atomic E-state index is 12.9. The van der Waals surface area contributed by atoms with E-state index in [-0.39, 0.29) is 10.6 Å². The van der Waals surface area contributed by atoms with Gasteiger partial charge in [0.2, 0.25) is 0 Å². The van der Waals surface area contributed by atoms with Crippen molar-refractivity contribution in [3.63, 3.8) is 0 Å². The van der Waals surface area contributed by atoms with Gasteiger partial charge in [0.1, 0.15) is 0 Å². The summed E-state index contributed by atoms with van der Waals surface area (Å²) in [5.74, 6) is 0. The first kappa shape index (κ1) is 19.0. The fraction of sp³-hybridized carbons (Fsp3) is 0.158. The highest BCUT2D eigenvalue weighted by atomic mass is 32.2. The van der Waals surface area contributed by atoms with Gasteiger partial charge in [0.15, 0.2) is 0 Å². The number of alkyl halides is 3. The van der Waals surface area contributed by atoms with E-state index in [0.29, 0.717) is 5.39 Å². The highest BCUT2D eigenvalue weighted by molar-refractivity contribution is 7.93. The molecule has 4 nitrogen and oxygen atoms in total. The van der Waals surface area contributed by atoms with Crippen molar-refractivity contribution in [3.05, 3.63) is 66.2 Å². The van der Waals surface area contributed by atoms with Crippen LogP contribution in [0.1, 0.15) is 5.56 Å². The van der Waals surface area contributed by atoms with E-state index >= 15 is 0 Å². The fourth-order valence-corrected chi connectivity index (χ4v) is 4.13. The summed E-state index contributed by atoms with van der Waals surface area (Å²) in [6.45, 7) is 0. The maximum absolute atomic E-state index is 12.9. The molecule has 0 radical (unpaired) electrons. The monoisotopic (exact) mass is 394 g/mol. The van der Waals surface area contributed by atoms with Crippen molar-refractivity contribution < 1.29 is 21.6 Å². The molecule has 0 unspecified atom stereocenters. The molecule has 0 saturated heterocycles. The molecule has 0 aliphatic rings. The SMILES string of the molecule is CN(C)c1cccc2c(S(=O)(=O)Nc3cccc(C(F)(F)F)c3)cccc12. The van der Waals surface area contributed by atoms with E-state index in [1.165, 1.54) is 12.1 Å². The third-order valence-corrected chi connectivity index (χ3v) is 5.51. The number of benzene rings is 3. The highest BCUT2D eigenvalue weighted by Crippen LogP contribution is 2.33. The van der Waals surface area contributed by atoms with Crippen LogP contribution in [-0.4, -0.2) is 22.5 Å². The minimum absolute atomic E-state index is 0.00103. The molecule has 0 heterocycles. The van der Waals surface area contributed by atoms with Gasteiger partial charge in [-0.05, 0) is 30.3 Å². The van der Waals surface area contributed by atoms with Gasteiger partial charge in [0, 0.05) is 36.2 Å². The Bertz CT molecular complexity index is 1090. The molecule has 0 bridgehead atoms. The van der Waals surface area contributed by atoms with Crippen molar-refractivity contribution in [2.45, 2.75) is 11.1 Å². The zero-order valence-electron chi connectivity index (χ0n) is 14.6. The van der Waals surface area contributed by atoms with Gasteiger partial charge in [0.05, 0.1) is 10.5 Å². The number of fused-ring (bicyclic) bond motifs is 1. The molecule has 0 atom stereocenters. The summed E-state index contributed by atoms with van der Waals surface area (Å²) >= 11 is 0. The number of anilines is 2. The van der Waals surface area contributed by atoms with Gasteiger partial charge in [-0.3, -0.25) is 4.72 Å². The van der Waals surface area contributed by atoms with E-state index in [4.69, 9.17) is 0 Å². The Balaban J connectivity index is 2.08. The van der Waals surface area contributed by atoms with Crippen LogP contribution in [-0.2, 0) is 16.2 Å². The highest BCUT2D eigenvalue weighted by Gasteiger charge is 2.30. The van der Waals surface area contributed by atoms with Crippen molar-refractivity contribution in [1.82, 2.24) is 0 Å². The lowest BCUT2D eigenvalue weighted by molar-refractivity contribution is -0.137. The van der Waals surface area contributed by atoms with Gasteiger partial charge in [-0.2, -0.15) is 13.2 Å². The quantitative estimate of drug-likeness (QED) is 0.696. The second-order valence-corrected chi connectivity index (χ2v) is 7.86. The van der Waals surface area contributed by atoms with Crippen molar-refractivity contribution in [3.8, 4) is 0 Å². The molecule has 0 fully saturated rings. The predicted octanol–water partition coefficient (Wildman–Crippen LogP) is 4.73. The normalized spacial score (nSPS) is 12.2. The maximum Gasteiger partial charge on any atom is 0.416 e. The van der Waals surface area contributed by atoms with Crippen molar-refractivity contribution in [1.29, 1.82) is 0 Å². The smallest absolute Gasteiger partial charge is 0.377 e. The first-order valence-electron chi connectivity index (χ1n) is 7.99. The summed E-state index contributed by atoms with van der Waals surface area (Å²) in [5.41, 5.74) is -0.232. The molecule has 3 rings (SSSR count). The van der Waals surface area contributed by atoms with Crippen LogP contribution in [0.25, 0.3) is 10.8 Å². The summed E-state index contributed by atoms with van der Waals surface area (Å²) in [7, 11) is -0.392. The second kappa shape index (κ2) is 6.77. The Morgan fingerprint density at radius 3 is 2.19 bits per heavy atom. The molecular weight excluding hydrogens is 377 g/mol. The molecule has 0 aliphatic carbocycles. The molecule has 0 aromatic heterocycles. The average Bonchev–Trinajstić information content (AvgIpc) is 2.59. The van der Waals surface area contributed by atoms with E-state index in [2.05, 4.69) is 4.72 Å². The van der Waals surface area contributed by atoms with Crippen LogP contribution in [0.15, 0.2) is 65.6 Å². The van der Waals surface area contributed by atoms with Crippen LogP contribution in [0.3, 0.4) is 0 Å². The Kier molecular flexibility index (Phi) is 4.77. The zero-order chi connectivity index (χ0) is 19.8. The van der Waals surface area contributed by atoms with Gasteiger partial charge < -0.3 is 4.90 Å². The number of hydrogen-bond acceptors (Lipinski definition) is 3. The molecule has 0 saturated carbocycles. The lowest BCUT2D eigenvalue weighted by Crippen LogP contribution is -2.15. The van der Waals surface area contributed by atoms with Crippen LogP contribution >= 0.6 is 0 Å². The number of hydrogen-bond donors (Lipinski definition) is 1. The van der Waals surface area contributed by atoms with E-state index in [0.717, 1.165) is 29.3 Å². The van der Waals surface area contributed by atoms with Crippen LogP contribution in [0.5, 0.6) is 0 Å². The molecule has 0 aliphatic heterocycles. The minimum atomic E-state index is -4.55. The first-order chi connectivity index (χ1) is 12.6. The van der Waals surface area contributed by atoms with E-state index in [9.17, 15) is 21.6 Å². The van der Waals surface area contributed by atoms with E-state index < -0.39 is 21.8 Å². The van der Waals surface area contributed by atoms with Gasteiger partial charge >= 0.3 is 6.18 Å². The third kappa shape index (κ3) is 3.85. The first-order valence-corrected chi connectivity index (χ1v) is 9.47. The minimum Gasteiger partial charge on any atom is -0.377 e. The second-order valence-electron chi connectivity index (χ2n) is 6.21. The van der Waals surface area contributed by atoms with Gasteiger partial charge in [-0.1, -0.05) is 30.3 Å². The van der Waals surface area contributed by atoms with Crippen molar-refractivity contribution >= 4 is 32.2 Å². The molecular formula is C19H17F3N2O2S. The Labute approximate surface area is 155 Å². The summed E-state index contributed by atoms with van der Waals surface area (Å²) in [6.07, 6.45) is -4.55. The van der Waals surface area contributed by atoms with Crippen LogP contribution in [0.4, 0.5) is 24.5 Å². The zero-order valence-corrected chi connectivity index (χ0v) is 15.4. The van der Waals surface area contributed by atoms with Gasteiger partial charge in [-0.15, -0.1) is 0 Å². The standard InChI is InChI=1S/C19H17F3N2O2S/c1-24(2)17-10-4-9-16-15(17)8-5-11-18(16)27(25,26)23-14-7-3-6-13(12-14)19(20,21)22/h3-12,23H,1-2H3. The Morgan fingerprint density at radius 2 is 1.52 bits per heavy atom. The Morgan fingerprint density at radius 1 is 0.889 bits per heavy atom. The van der Waals surface area contributed by atoms with Crippen molar-refractivity contribution in [2.75, 3.05) is 23.7 Å². The molecule has 1 N–H and O–H groups in total. The number of nitrogens with one attached hydrogen (secondary N) is 1. The molecule has 27 heavy (non-hydrogen) atoms. The number of halogens is 3. The lowest BCUT2D eigenvalue weighted by atomic mass is 10.1. The fourth-order valence-electron chi connectivity index (χ4n) is 2.86.